The molecule has 0 radical (unpaired) electrons. The van der Waals surface area contributed by atoms with Crippen molar-refractivity contribution in [3.05, 3.63) is 40.4 Å². The van der Waals surface area contributed by atoms with Crippen molar-refractivity contribution in [1.82, 2.24) is 20.1 Å². The van der Waals surface area contributed by atoms with Gasteiger partial charge in [-0.2, -0.15) is 5.10 Å². The molecule has 2 aromatic rings. The number of nitrogens with one attached hydrogen (secondary N) is 3. The van der Waals surface area contributed by atoms with Crippen LogP contribution in [0.2, 0.25) is 0 Å². The van der Waals surface area contributed by atoms with Crippen LogP contribution in [0.1, 0.15) is 37.1 Å². The van der Waals surface area contributed by atoms with Crippen LogP contribution in [-0.2, 0) is 24.9 Å². The molecule has 3 N–H and O–H groups in total. The summed E-state index contributed by atoms with van der Waals surface area (Å²) in [5, 5.41) is 12.3. The molecule has 1 aromatic carbocycles. The van der Waals surface area contributed by atoms with E-state index in [1.54, 1.807) is 11.6 Å². The van der Waals surface area contributed by atoms with E-state index >= 15 is 0 Å². The fourth-order valence-corrected chi connectivity index (χ4v) is 2.98. The number of nitrogens with zero attached hydrogens (tertiary/aromatic N) is 2. The van der Waals surface area contributed by atoms with Crippen molar-refractivity contribution in [2.24, 2.45) is 7.05 Å². The van der Waals surface area contributed by atoms with Crippen molar-refractivity contribution in [3.63, 3.8) is 0 Å². The Bertz CT molecular complexity index is 762. The molecule has 134 valence electrons. The van der Waals surface area contributed by atoms with Crippen molar-refractivity contribution >= 4 is 23.9 Å². The van der Waals surface area contributed by atoms with Crippen LogP contribution >= 0.6 is 12.2 Å². The number of amides is 2. The monoisotopic (exact) mass is 361 g/mol. The maximum absolute atomic E-state index is 12.0. The van der Waals surface area contributed by atoms with E-state index in [2.05, 4.69) is 20.8 Å². The number of benzene rings is 1. The second kappa shape index (κ2) is 8.26. The van der Waals surface area contributed by atoms with Gasteiger partial charge in [0.05, 0.1) is 19.3 Å². The number of anilines is 1. The molecule has 8 heteroatoms. The van der Waals surface area contributed by atoms with Crippen LogP contribution in [0.4, 0.5) is 10.5 Å². The molecule has 3 rings (SSSR count). The first kappa shape index (κ1) is 17.6. The summed E-state index contributed by atoms with van der Waals surface area (Å²) < 4.78 is 8.13. The Balaban J connectivity index is 1.44. The molecule has 1 saturated carbocycles. The Morgan fingerprint density at radius 1 is 1.36 bits per heavy atom. The summed E-state index contributed by atoms with van der Waals surface area (Å²) in [7, 11) is 1.80. The minimum Gasteiger partial charge on any atom is -0.374 e. The Labute approximate surface area is 151 Å². The van der Waals surface area contributed by atoms with Gasteiger partial charge in [-0.25, -0.2) is 4.79 Å². The molecule has 1 heterocycles. The van der Waals surface area contributed by atoms with Gasteiger partial charge in [0.25, 0.3) is 0 Å². The van der Waals surface area contributed by atoms with Crippen LogP contribution in [-0.4, -0.2) is 26.9 Å². The number of hydrogen-bond acceptors (Lipinski definition) is 4. The number of aromatic amines is 1. The van der Waals surface area contributed by atoms with Crippen LogP contribution in [0.3, 0.4) is 0 Å². The van der Waals surface area contributed by atoms with Crippen molar-refractivity contribution in [1.29, 1.82) is 0 Å². The molecule has 1 aliphatic rings. The lowest BCUT2D eigenvalue weighted by Crippen LogP contribution is -2.29. The summed E-state index contributed by atoms with van der Waals surface area (Å²) >= 11 is 5.03. The first-order chi connectivity index (χ1) is 12.1. The maximum atomic E-state index is 12.0. The number of urea groups is 1. The zero-order valence-corrected chi connectivity index (χ0v) is 15.1. The topological polar surface area (TPSA) is 84.0 Å². The van der Waals surface area contributed by atoms with Gasteiger partial charge < -0.3 is 19.9 Å². The molecule has 0 saturated heterocycles. The van der Waals surface area contributed by atoms with Crippen molar-refractivity contribution in [2.45, 2.75) is 44.9 Å². The molecule has 0 atom stereocenters. The number of carbonyl (C=O) groups excluding carboxylic acids is 1. The van der Waals surface area contributed by atoms with E-state index < -0.39 is 0 Å². The van der Waals surface area contributed by atoms with Gasteiger partial charge in [-0.1, -0.05) is 25.0 Å². The van der Waals surface area contributed by atoms with Gasteiger partial charge in [0.2, 0.25) is 0 Å². The highest BCUT2D eigenvalue weighted by Gasteiger charge is 2.15. The van der Waals surface area contributed by atoms with Crippen molar-refractivity contribution in [2.75, 3.05) is 5.32 Å². The number of rotatable bonds is 6. The number of hydrogen-bond donors (Lipinski definition) is 3. The van der Waals surface area contributed by atoms with Crippen LogP contribution in [0.15, 0.2) is 24.3 Å². The molecule has 1 aliphatic carbocycles. The number of aromatic nitrogens is 3. The van der Waals surface area contributed by atoms with Gasteiger partial charge in [-0.05, 0) is 42.8 Å². The highest BCUT2D eigenvalue weighted by atomic mass is 32.1. The molecule has 1 fully saturated rings. The number of carbonyl (C=O) groups is 1. The first-order valence-corrected chi connectivity index (χ1v) is 8.88. The average molecular weight is 361 g/mol. The average Bonchev–Trinajstić information content (AvgIpc) is 3.24. The number of ether oxygens (including phenoxy) is 1. The van der Waals surface area contributed by atoms with Crippen LogP contribution in [0.5, 0.6) is 0 Å². The molecule has 0 aliphatic heterocycles. The minimum atomic E-state index is -0.288. The second-order valence-corrected chi connectivity index (χ2v) is 6.61. The smallest absolute Gasteiger partial charge is 0.319 e. The summed E-state index contributed by atoms with van der Waals surface area (Å²) in [6, 6.07) is 7.42. The predicted octanol–water partition coefficient (Wildman–Crippen LogP) is 3.26. The van der Waals surface area contributed by atoms with E-state index in [1.165, 1.54) is 25.7 Å². The zero-order chi connectivity index (χ0) is 17.6. The predicted molar refractivity (Wildman–Crippen MR) is 97.7 cm³/mol. The molecular formula is C17H23N5O2S. The van der Waals surface area contributed by atoms with Crippen molar-refractivity contribution < 1.29 is 9.53 Å². The zero-order valence-electron chi connectivity index (χ0n) is 14.2. The standard InChI is InChI=1S/C17H23N5O2S/c1-22-15(20-21-17(22)25)10-18-16(23)19-13-8-6-12(7-9-13)11-24-14-4-2-3-5-14/h6-9,14H,2-5,10-11H2,1H3,(H,21,25)(H2,18,19,23). The molecule has 25 heavy (non-hydrogen) atoms. The van der Waals surface area contributed by atoms with Gasteiger partial charge in [-0.3, -0.25) is 5.10 Å². The highest BCUT2D eigenvalue weighted by Crippen LogP contribution is 2.22. The van der Waals surface area contributed by atoms with Crippen LogP contribution in [0.25, 0.3) is 0 Å². The highest BCUT2D eigenvalue weighted by molar-refractivity contribution is 7.71. The Morgan fingerprint density at radius 3 is 2.72 bits per heavy atom. The summed E-state index contributed by atoms with van der Waals surface area (Å²) in [5.41, 5.74) is 1.84. The Kier molecular flexibility index (Phi) is 5.83. The Morgan fingerprint density at radius 2 is 2.08 bits per heavy atom. The van der Waals surface area contributed by atoms with Gasteiger partial charge in [0, 0.05) is 12.7 Å². The maximum Gasteiger partial charge on any atom is 0.319 e. The molecule has 1 aromatic heterocycles. The molecule has 0 bridgehead atoms. The van der Waals surface area contributed by atoms with Gasteiger partial charge in [-0.15, -0.1) is 0 Å². The van der Waals surface area contributed by atoms with E-state index in [0.29, 0.717) is 29.9 Å². The second-order valence-electron chi connectivity index (χ2n) is 6.23. The largest absolute Gasteiger partial charge is 0.374 e. The van der Waals surface area contributed by atoms with E-state index in [-0.39, 0.29) is 6.03 Å². The third kappa shape index (κ3) is 4.90. The fraction of sp³-hybridized carbons (Fsp3) is 0.471. The van der Waals surface area contributed by atoms with Crippen molar-refractivity contribution in [3.8, 4) is 0 Å². The molecule has 0 spiro atoms. The summed E-state index contributed by atoms with van der Waals surface area (Å²) in [4.78, 5) is 12.0. The van der Waals surface area contributed by atoms with Gasteiger partial charge >= 0.3 is 6.03 Å². The summed E-state index contributed by atoms with van der Waals surface area (Å²) in [6.45, 7) is 0.916. The molecular weight excluding hydrogens is 338 g/mol. The van der Waals surface area contributed by atoms with E-state index in [4.69, 9.17) is 17.0 Å². The fourth-order valence-electron chi connectivity index (χ4n) is 2.83. The first-order valence-electron chi connectivity index (χ1n) is 8.47. The normalized spacial score (nSPS) is 14.6. The lowest BCUT2D eigenvalue weighted by Gasteiger charge is -2.12. The van der Waals surface area contributed by atoms with E-state index in [0.717, 1.165) is 11.3 Å². The van der Waals surface area contributed by atoms with Gasteiger partial charge in [0.1, 0.15) is 0 Å². The van der Waals surface area contributed by atoms with E-state index in [9.17, 15) is 4.79 Å². The molecule has 2 amide bonds. The minimum absolute atomic E-state index is 0.288. The molecule has 7 nitrogen and oxygen atoms in total. The SMILES string of the molecule is Cn1c(CNC(=O)Nc2ccc(COC3CCCC3)cc2)n[nH]c1=S. The van der Waals surface area contributed by atoms with Crippen LogP contribution < -0.4 is 10.6 Å². The van der Waals surface area contributed by atoms with Crippen LogP contribution in [0, 0.1) is 4.77 Å². The number of H-pyrrole nitrogens is 1. The third-order valence-electron chi connectivity index (χ3n) is 4.38. The lowest BCUT2D eigenvalue weighted by molar-refractivity contribution is 0.0457. The van der Waals surface area contributed by atoms with E-state index in [1.807, 2.05) is 24.3 Å². The summed E-state index contributed by atoms with van der Waals surface area (Å²) in [5.74, 6) is 0.666. The van der Waals surface area contributed by atoms with Gasteiger partial charge in [0.15, 0.2) is 10.6 Å². The third-order valence-corrected chi connectivity index (χ3v) is 4.74. The quantitative estimate of drug-likeness (QED) is 0.690. The lowest BCUT2D eigenvalue weighted by atomic mass is 10.2. The molecule has 0 unspecified atom stereocenters. The summed E-state index contributed by atoms with van der Waals surface area (Å²) in [6.07, 6.45) is 5.28. The Hall–Kier alpha value is -2.19.